The number of nitrogens with zero attached hydrogens (tertiary/aromatic N) is 2. The van der Waals surface area contributed by atoms with Gasteiger partial charge in [0.15, 0.2) is 5.96 Å². The van der Waals surface area contributed by atoms with Crippen molar-refractivity contribution in [1.29, 1.82) is 0 Å². The number of rotatable bonds is 8. The SMILES string of the molecule is O=C(O)CC(NC(=O)CNC(=O)c1cncc(NC2=NCCN2)c1)c1cc(Cl)cc(Br)c1O. The van der Waals surface area contributed by atoms with Crippen LogP contribution in [0.25, 0.3) is 0 Å². The third kappa shape index (κ3) is 6.80. The number of carboxylic acids is 1. The molecular formula is C20H20BrClN6O5. The first kappa shape index (κ1) is 24.3. The van der Waals surface area contributed by atoms with Crippen LogP contribution in [0, 0.1) is 0 Å². The van der Waals surface area contributed by atoms with E-state index in [0.717, 1.165) is 6.54 Å². The molecule has 3 rings (SSSR count). The van der Waals surface area contributed by atoms with E-state index in [1.807, 2.05) is 0 Å². The number of pyridine rings is 1. The van der Waals surface area contributed by atoms with Gasteiger partial charge in [-0.25, -0.2) is 0 Å². The van der Waals surface area contributed by atoms with Crippen molar-refractivity contribution in [2.75, 3.05) is 25.0 Å². The Balaban J connectivity index is 1.63. The van der Waals surface area contributed by atoms with Gasteiger partial charge in [0.1, 0.15) is 5.75 Å². The van der Waals surface area contributed by atoms with Gasteiger partial charge in [0.05, 0.1) is 47.5 Å². The first-order chi connectivity index (χ1) is 15.7. The fourth-order valence-corrected chi connectivity index (χ4v) is 3.86. The zero-order valence-electron chi connectivity index (χ0n) is 17.1. The van der Waals surface area contributed by atoms with E-state index in [4.69, 9.17) is 11.6 Å². The molecule has 0 aliphatic carbocycles. The Morgan fingerprint density at radius 2 is 2.03 bits per heavy atom. The lowest BCUT2D eigenvalue weighted by molar-refractivity contribution is -0.137. The highest BCUT2D eigenvalue weighted by Gasteiger charge is 2.23. The fourth-order valence-electron chi connectivity index (χ4n) is 3.02. The number of aromatic hydroxyl groups is 1. The van der Waals surface area contributed by atoms with E-state index >= 15 is 0 Å². The molecule has 2 aromatic rings. The molecule has 13 heteroatoms. The smallest absolute Gasteiger partial charge is 0.305 e. The molecule has 2 amide bonds. The quantitative estimate of drug-likeness (QED) is 0.295. The molecule has 0 spiro atoms. The largest absolute Gasteiger partial charge is 0.506 e. The average molecular weight is 540 g/mol. The number of phenolic OH excluding ortho intramolecular Hbond substituents is 1. The van der Waals surface area contributed by atoms with Crippen LogP contribution in [-0.2, 0) is 9.59 Å². The van der Waals surface area contributed by atoms with Crippen molar-refractivity contribution in [2.45, 2.75) is 12.5 Å². The number of aromatic nitrogens is 1. The third-order valence-electron chi connectivity index (χ3n) is 4.49. The number of hydrogen-bond donors (Lipinski definition) is 6. The monoisotopic (exact) mass is 538 g/mol. The molecule has 6 N–H and O–H groups in total. The number of hydrogen-bond acceptors (Lipinski definition) is 8. The number of aliphatic imine (C=N–C) groups is 1. The average Bonchev–Trinajstić information content (AvgIpc) is 3.27. The molecule has 0 bridgehead atoms. The van der Waals surface area contributed by atoms with E-state index in [0.29, 0.717) is 18.2 Å². The summed E-state index contributed by atoms with van der Waals surface area (Å²) >= 11 is 9.13. The van der Waals surface area contributed by atoms with Crippen LogP contribution in [0.4, 0.5) is 5.69 Å². The van der Waals surface area contributed by atoms with E-state index in [9.17, 15) is 24.6 Å². The molecule has 1 aliphatic heterocycles. The predicted octanol–water partition coefficient (Wildman–Crippen LogP) is 1.64. The highest BCUT2D eigenvalue weighted by molar-refractivity contribution is 9.10. The Morgan fingerprint density at radius 1 is 1.24 bits per heavy atom. The number of carboxylic acid groups (broad SMARTS) is 1. The van der Waals surface area contributed by atoms with Crippen LogP contribution >= 0.6 is 27.5 Å². The number of carbonyl (C=O) groups is 3. The fraction of sp³-hybridized carbons (Fsp3) is 0.250. The maximum Gasteiger partial charge on any atom is 0.305 e. The molecule has 0 fully saturated rings. The summed E-state index contributed by atoms with van der Waals surface area (Å²) in [6.07, 6.45) is 2.37. The maximum absolute atomic E-state index is 12.5. The van der Waals surface area contributed by atoms with Gasteiger partial charge in [-0.2, -0.15) is 0 Å². The summed E-state index contributed by atoms with van der Waals surface area (Å²) in [5.41, 5.74) is 0.886. The molecule has 174 valence electrons. The number of guanidine groups is 1. The third-order valence-corrected chi connectivity index (χ3v) is 5.32. The van der Waals surface area contributed by atoms with Crippen molar-refractivity contribution in [1.82, 2.24) is 20.9 Å². The first-order valence-corrected chi connectivity index (χ1v) is 10.9. The van der Waals surface area contributed by atoms with Gasteiger partial charge in [0, 0.05) is 23.3 Å². The molecule has 1 aliphatic rings. The zero-order valence-corrected chi connectivity index (χ0v) is 19.4. The van der Waals surface area contributed by atoms with E-state index in [2.05, 4.69) is 47.2 Å². The number of phenols is 1. The predicted molar refractivity (Wildman–Crippen MR) is 124 cm³/mol. The molecule has 0 saturated heterocycles. The van der Waals surface area contributed by atoms with Crippen molar-refractivity contribution >= 4 is 57.0 Å². The summed E-state index contributed by atoms with van der Waals surface area (Å²) in [4.78, 5) is 44.4. The second-order valence-electron chi connectivity index (χ2n) is 6.97. The molecule has 1 atom stereocenters. The topological polar surface area (TPSA) is 165 Å². The van der Waals surface area contributed by atoms with Crippen molar-refractivity contribution < 1.29 is 24.6 Å². The summed E-state index contributed by atoms with van der Waals surface area (Å²) in [7, 11) is 0. The molecule has 2 heterocycles. The standard InChI is InChI=1S/C20H20BrClN6O5/c21-14-5-11(22)4-13(18(14)32)15(6-17(30)31)28-16(29)9-26-19(33)10-3-12(8-23-7-10)27-20-24-1-2-25-20/h3-5,7-8,15,32H,1-2,6,9H2,(H,26,33)(H,28,29)(H,30,31)(H2,24,25,27). The van der Waals surface area contributed by atoms with Gasteiger partial charge >= 0.3 is 5.97 Å². The van der Waals surface area contributed by atoms with Gasteiger partial charge in [0.25, 0.3) is 5.91 Å². The van der Waals surface area contributed by atoms with E-state index in [-0.39, 0.29) is 26.4 Å². The molecule has 1 unspecified atom stereocenters. The van der Waals surface area contributed by atoms with Gasteiger partial charge in [-0.3, -0.25) is 24.4 Å². The summed E-state index contributed by atoms with van der Waals surface area (Å²) in [5, 5.41) is 30.7. The van der Waals surface area contributed by atoms with Crippen molar-refractivity contribution in [3.63, 3.8) is 0 Å². The number of halogens is 2. The van der Waals surface area contributed by atoms with Crippen LogP contribution in [0.3, 0.4) is 0 Å². The molecular weight excluding hydrogens is 520 g/mol. The van der Waals surface area contributed by atoms with Crippen molar-refractivity contribution in [3.05, 3.63) is 51.2 Å². The highest BCUT2D eigenvalue weighted by Crippen LogP contribution is 2.36. The molecule has 1 aromatic carbocycles. The van der Waals surface area contributed by atoms with E-state index in [1.54, 1.807) is 6.07 Å². The molecule has 33 heavy (non-hydrogen) atoms. The Kier molecular flexibility index (Phi) is 8.06. The Labute approximate surface area is 201 Å². The van der Waals surface area contributed by atoms with Crippen LogP contribution in [0.5, 0.6) is 5.75 Å². The number of carbonyl (C=O) groups excluding carboxylic acids is 2. The molecule has 1 aromatic heterocycles. The molecule has 0 saturated carbocycles. The minimum absolute atomic E-state index is 0.128. The number of nitrogens with one attached hydrogen (secondary N) is 4. The summed E-state index contributed by atoms with van der Waals surface area (Å²) in [6.45, 7) is 0.943. The van der Waals surface area contributed by atoms with Gasteiger partial charge in [-0.1, -0.05) is 11.6 Å². The number of anilines is 1. The van der Waals surface area contributed by atoms with Crippen LogP contribution < -0.4 is 21.3 Å². The van der Waals surface area contributed by atoms with Gasteiger partial charge in [0.2, 0.25) is 5.91 Å². The van der Waals surface area contributed by atoms with Crippen LogP contribution in [0.1, 0.15) is 28.4 Å². The highest BCUT2D eigenvalue weighted by atomic mass is 79.9. The van der Waals surface area contributed by atoms with Gasteiger partial charge < -0.3 is 31.5 Å². The first-order valence-electron chi connectivity index (χ1n) is 9.70. The lowest BCUT2D eigenvalue weighted by atomic mass is 10.0. The number of benzene rings is 1. The molecule has 0 radical (unpaired) electrons. The van der Waals surface area contributed by atoms with Gasteiger partial charge in [-0.15, -0.1) is 0 Å². The minimum Gasteiger partial charge on any atom is -0.506 e. The number of amides is 2. The maximum atomic E-state index is 12.5. The van der Waals surface area contributed by atoms with E-state index < -0.39 is 36.8 Å². The van der Waals surface area contributed by atoms with Crippen LogP contribution in [0.15, 0.2) is 40.1 Å². The normalized spacial score (nSPS) is 13.5. The van der Waals surface area contributed by atoms with Crippen molar-refractivity contribution in [3.8, 4) is 5.75 Å². The summed E-state index contributed by atoms with van der Waals surface area (Å²) < 4.78 is 0.252. The van der Waals surface area contributed by atoms with E-state index in [1.165, 1.54) is 24.5 Å². The summed E-state index contributed by atoms with van der Waals surface area (Å²) in [5.74, 6) is -2.07. The minimum atomic E-state index is -1.20. The zero-order chi connectivity index (χ0) is 24.0. The van der Waals surface area contributed by atoms with Gasteiger partial charge in [-0.05, 0) is 34.1 Å². The van der Waals surface area contributed by atoms with Crippen LogP contribution in [0.2, 0.25) is 5.02 Å². The van der Waals surface area contributed by atoms with Crippen LogP contribution in [-0.4, -0.2) is 58.6 Å². The lowest BCUT2D eigenvalue weighted by Crippen LogP contribution is -2.39. The Morgan fingerprint density at radius 3 is 2.73 bits per heavy atom. The molecule has 11 nitrogen and oxygen atoms in total. The Bertz CT molecular complexity index is 1110. The van der Waals surface area contributed by atoms with Crippen molar-refractivity contribution in [2.24, 2.45) is 4.99 Å². The summed E-state index contributed by atoms with van der Waals surface area (Å²) in [6, 6.07) is 3.28. The second-order valence-corrected chi connectivity index (χ2v) is 8.26. The second kappa shape index (κ2) is 11.0. The number of aliphatic carboxylic acids is 1. The lowest BCUT2D eigenvalue weighted by Gasteiger charge is -2.20. The Hall–Kier alpha value is -3.38.